The number of nitrogen functional groups attached to an aromatic ring is 1. The minimum atomic E-state index is -0.178. The summed E-state index contributed by atoms with van der Waals surface area (Å²) in [5, 5.41) is 0. The zero-order chi connectivity index (χ0) is 21.8. The molecular formula is C26H29N5. The summed E-state index contributed by atoms with van der Waals surface area (Å²) in [6, 6.07) is 20.8. The molecule has 1 heterocycles. The Bertz CT molecular complexity index is 1110. The Kier molecular flexibility index (Phi) is 5.98. The van der Waals surface area contributed by atoms with Crippen LogP contribution >= 0.6 is 0 Å². The van der Waals surface area contributed by atoms with Crippen LogP contribution < -0.4 is 17.0 Å². The number of pyridine rings is 1. The number of benzene rings is 2. The molecule has 1 aliphatic carbocycles. The zero-order valence-electron chi connectivity index (χ0n) is 18.1. The molecule has 1 fully saturated rings. The third-order valence-corrected chi connectivity index (χ3v) is 6.15. The molecule has 0 saturated heterocycles. The summed E-state index contributed by atoms with van der Waals surface area (Å²) in [4.78, 5) is 9.37. The number of nitrogens with one attached hydrogen (secondary N) is 1. The Balaban J connectivity index is 1.83. The standard InChI is InChI=1S/C26H29N5/c1-3-22(19-8-5-4-6-9-19)24(30-23-14-17-29-25(31-28)18(23)2)20-10-12-21(13-11-20)26(27)15-7-16-26/h3-6,8-14,17H,7,15-16,27-28H2,1-2H3,(H,29,31)/b22-3-,30-24?. The summed E-state index contributed by atoms with van der Waals surface area (Å²) < 4.78 is 0. The van der Waals surface area contributed by atoms with Crippen LogP contribution in [0.15, 0.2) is 77.9 Å². The van der Waals surface area contributed by atoms with Crippen molar-refractivity contribution in [2.24, 2.45) is 16.6 Å². The van der Waals surface area contributed by atoms with Crippen LogP contribution in [0, 0.1) is 6.92 Å². The van der Waals surface area contributed by atoms with E-state index in [2.05, 4.69) is 52.9 Å². The fourth-order valence-electron chi connectivity index (χ4n) is 4.06. The second-order valence-corrected chi connectivity index (χ2v) is 8.06. The van der Waals surface area contributed by atoms with Gasteiger partial charge in [-0.3, -0.25) is 0 Å². The van der Waals surface area contributed by atoms with Gasteiger partial charge < -0.3 is 11.2 Å². The third kappa shape index (κ3) is 4.15. The van der Waals surface area contributed by atoms with E-state index >= 15 is 0 Å². The second kappa shape index (κ2) is 8.84. The van der Waals surface area contributed by atoms with Crippen LogP contribution in [0.4, 0.5) is 11.5 Å². The molecule has 1 aromatic heterocycles. The van der Waals surface area contributed by atoms with Crippen LogP contribution in [0.2, 0.25) is 0 Å². The van der Waals surface area contributed by atoms with Crippen LogP contribution in [0.1, 0.15) is 48.4 Å². The fraction of sp³-hybridized carbons (Fsp3) is 0.231. The lowest BCUT2D eigenvalue weighted by Crippen LogP contribution is -2.43. The lowest BCUT2D eigenvalue weighted by Gasteiger charge is -2.38. The van der Waals surface area contributed by atoms with Gasteiger partial charge in [-0.15, -0.1) is 0 Å². The number of hydrogen-bond acceptors (Lipinski definition) is 5. The third-order valence-electron chi connectivity index (χ3n) is 6.15. The van der Waals surface area contributed by atoms with E-state index < -0.39 is 0 Å². The van der Waals surface area contributed by atoms with Gasteiger partial charge in [-0.25, -0.2) is 15.8 Å². The minimum Gasteiger partial charge on any atom is -0.321 e. The number of nitrogens with zero attached hydrogens (tertiary/aromatic N) is 2. The van der Waals surface area contributed by atoms with E-state index in [9.17, 15) is 0 Å². The van der Waals surface area contributed by atoms with Gasteiger partial charge >= 0.3 is 0 Å². The highest BCUT2D eigenvalue weighted by molar-refractivity contribution is 6.32. The van der Waals surface area contributed by atoms with Gasteiger partial charge in [0.1, 0.15) is 5.82 Å². The lowest BCUT2D eigenvalue weighted by atomic mass is 9.72. The maximum Gasteiger partial charge on any atom is 0.144 e. The van der Waals surface area contributed by atoms with Crippen LogP contribution in [-0.2, 0) is 5.54 Å². The van der Waals surface area contributed by atoms with Crippen molar-refractivity contribution in [3.05, 3.63) is 95.2 Å². The Labute approximate surface area is 183 Å². The molecule has 0 radical (unpaired) electrons. The number of rotatable bonds is 6. The van der Waals surface area contributed by atoms with Gasteiger partial charge in [0.15, 0.2) is 0 Å². The van der Waals surface area contributed by atoms with Gasteiger partial charge in [0.25, 0.3) is 0 Å². The fourth-order valence-corrected chi connectivity index (χ4v) is 4.06. The van der Waals surface area contributed by atoms with E-state index in [1.54, 1.807) is 6.20 Å². The van der Waals surface area contributed by atoms with Crippen molar-refractivity contribution in [2.45, 2.75) is 38.6 Å². The van der Waals surface area contributed by atoms with Crippen molar-refractivity contribution in [3.63, 3.8) is 0 Å². The zero-order valence-corrected chi connectivity index (χ0v) is 18.1. The van der Waals surface area contributed by atoms with E-state index in [0.29, 0.717) is 5.82 Å². The molecule has 2 aromatic carbocycles. The highest BCUT2D eigenvalue weighted by Gasteiger charge is 2.34. The molecule has 0 aliphatic heterocycles. The largest absolute Gasteiger partial charge is 0.321 e. The SMILES string of the molecule is C/C=C(\C(=Nc1ccnc(NN)c1C)c1ccc(C2(N)CCC2)cc1)c1ccccc1. The Morgan fingerprint density at radius 1 is 1.03 bits per heavy atom. The number of aliphatic imine (C=N–C) groups is 1. The molecule has 1 aliphatic rings. The smallest absolute Gasteiger partial charge is 0.144 e. The number of nitrogens with two attached hydrogens (primary N) is 2. The molecule has 0 bridgehead atoms. The predicted molar refractivity (Wildman–Crippen MR) is 129 cm³/mol. The molecule has 3 aromatic rings. The molecule has 5 heteroatoms. The summed E-state index contributed by atoms with van der Waals surface area (Å²) in [6.45, 7) is 4.01. The highest BCUT2D eigenvalue weighted by atomic mass is 15.2. The van der Waals surface area contributed by atoms with Gasteiger partial charge in [0, 0.05) is 28.4 Å². The Morgan fingerprint density at radius 2 is 1.74 bits per heavy atom. The van der Waals surface area contributed by atoms with E-state index in [0.717, 1.165) is 46.5 Å². The average Bonchev–Trinajstić information content (AvgIpc) is 2.79. The molecule has 5 N–H and O–H groups in total. The van der Waals surface area contributed by atoms with Gasteiger partial charge in [0.05, 0.1) is 11.4 Å². The van der Waals surface area contributed by atoms with Crippen molar-refractivity contribution >= 4 is 22.8 Å². The van der Waals surface area contributed by atoms with Crippen molar-refractivity contribution < 1.29 is 0 Å². The number of anilines is 1. The summed E-state index contributed by atoms with van der Waals surface area (Å²) in [6.07, 6.45) is 7.11. The first-order chi connectivity index (χ1) is 15.1. The Morgan fingerprint density at radius 3 is 2.32 bits per heavy atom. The number of aromatic nitrogens is 1. The van der Waals surface area contributed by atoms with Gasteiger partial charge in [-0.2, -0.15) is 0 Å². The van der Waals surface area contributed by atoms with Crippen LogP contribution in [-0.4, -0.2) is 10.7 Å². The van der Waals surface area contributed by atoms with Gasteiger partial charge in [-0.05, 0) is 50.3 Å². The summed E-state index contributed by atoms with van der Waals surface area (Å²) in [7, 11) is 0. The molecular weight excluding hydrogens is 382 g/mol. The van der Waals surface area contributed by atoms with Crippen LogP contribution in [0.3, 0.4) is 0 Å². The summed E-state index contributed by atoms with van der Waals surface area (Å²) >= 11 is 0. The quantitative estimate of drug-likeness (QED) is 0.294. The first kappa shape index (κ1) is 21.0. The predicted octanol–water partition coefficient (Wildman–Crippen LogP) is 5.24. The minimum absolute atomic E-state index is 0.178. The van der Waals surface area contributed by atoms with Gasteiger partial charge in [-0.1, -0.05) is 60.7 Å². The van der Waals surface area contributed by atoms with E-state index in [-0.39, 0.29) is 5.54 Å². The van der Waals surface area contributed by atoms with Crippen molar-refractivity contribution in [2.75, 3.05) is 5.43 Å². The Hall–Kier alpha value is -3.28. The number of hydrogen-bond donors (Lipinski definition) is 3. The van der Waals surface area contributed by atoms with Crippen molar-refractivity contribution in [1.82, 2.24) is 4.98 Å². The molecule has 5 nitrogen and oxygen atoms in total. The molecule has 4 rings (SSSR count). The maximum absolute atomic E-state index is 6.54. The highest BCUT2D eigenvalue weighted by Crippen LogP contribution is 2.39. The van der Waals surface area contributed by atoms with Crippen molar-refractivity contribution in [1.29, 1.82) is 0 Å². The van der Waals surface area contributed by atoms with Crippen LogP contribution in [0.25, 0.3) is 5.57 Å². The molecule has 0 spiro atoms. The van der Waals surface area contributed by atoms with E-state index in [1.807, 2.05) is 38.1 Å². The molecule has 0 atom stereocenters. The monoisotopic (exact) mass is 411 g/mol. The molecule has 31 heavy (non-hydrogen) atoms. The topological polar surface area (TPSA) is 89.3 Å². The molecule has 0 unspecified atom stereocenters. The van der Waals surface area contributed by atoms with Crippen LogP contribution in [0.5, 0.6) is 0 Å². The maximum atomic E-state index is 6.54. The van der Waals surface area contributed by atoms with Gasteiger partial charge in [0.2, 0.25) is 0 Å². The van der Waals surface area contributed by atoms with E-state index in [1.165, 1.54) is 12.0 Å². The lowest BCUT2D eigenvalue weighted by molar-refractivity contribution is 0.253. The first-order valence-electron chi connectivity index (χ1n) is 10.7. The second-order valence-electron chi connectivity index (χ2n) is 8.06. The summed E-state index contributed by atoms with van der Waals surface area (Å²) in [5.74, 6) is 6.25. The molecule has 0 amide bonds. The molecule has 1 saturated carbocycles. The van der Waals surface area contributed by atoms with E-state index in [4.69, 9.17) is 16.6 Å². The first-order valence-corrected chi connectivity index (χ1v) is 10.7. The number of hydrazine groups is 1. The van der Waals surface area contributed by atoms with Crippen molar-refractivity contribution in [3.8, 4) is 0 Å². The molecule has 158 valence electrons. The average molecular weight is 412 g/mol. The normalized spacial score (nSPS) is 16.0. The number of allylic oxidation sites excluding steroid dienone is 2. The summed E-state index contributed by atoms with van der Waals surface area (Å²) in [5.41, 5.74) is 16.1.